The number of carbonyl (C=O) groups excluding carboxylic acids is 1. The van der Waals surface area contributed by atoms with Crippen molar-refractivity contribution in [2.45, 2.75) is 40.5 Å². The third-order valence-electron chi connectivity index (χ3n) is 6.80. The van der Waals surface area contributed by atoms with Crippen molar-refractivity contribution in [2.75, 3.05) is 25.2 Å². The molecule has 0 bridgehead atoms. The van der Waals surface area contributed by atoms with Crippen molar-refractivity contribution in [3.05, 3.63) is 77.4 Å². The molecule has 0 aliphatic carbocycles. The molecule has 0 N–H and O–H groups in total. The molecule has 7 heteroatoms. The highest BCUT2D eigenvalue weighted by Crippen LogP contribution is 2.34. The molecule has 2 aliphatic rings. The van der Waals surface area contributed by atoms with Crippen LogP contribution in [-0.2, 0) is 4.79 Å². The van der Waals surface area contributed by atoms with Crippen molar-refractivity contribution in [3.8, 4) is 11.4 Å². The summed E-state index contributed by atoms with van der Waals surface area (Å²) in [6.45, 7) is 9.16. The van der Waals surface area contributed by atoms with Crippen molar-refractivity contribution in [1.29, 1.82) is 0 Å². The van der Waals surface area contributed by atoms with Crippen LogP contribution in [0.3, 0.4) is 0 Å². The number of imidazole rings is 1. The molecule has 0 unspecified atom stereocenters. The Hall–Kier alpha value is -3.87. The molecule has 3 aromatic rings. The molecule has 0 radical (unpaired) electrons. The predicted molar refractivity (Wildman–Crippen MR) is 144 cm³/mol. The average molecular weight is 484 g/mol. The maximum atomic E-state index is 13.7. The Balaban J connectivity index is 1.54. The molecule has 5 rings (SSSR count). The van der Waals surface area contributed by atoms with Gasteiger partial charge in [-0.1, -0.05) is 23.8 Å². The molecule has 1 aromatic heterocycles. The molecule has 2 aromatic carbocycles. The minimum atomic E-state index is -0.603. The Kier molecular flexibility index (Phi) is 6.16. The number of benzene rings is 2. The van der Waals surface area contributed by atoms with Crippen LogP contribution >= 0.6 is 0 Å². The minimum absolute atomic E-state index is 0.0630. The topological polar surface area (TPSA) is 63.0 Å². The van der Waals surface area contributed by atoms with Crippen molar-refractivity contribution in [1.82, 2.24) is 14.6 Å². The second-order valence-corrected chi connectivity index (χ2v) is 10.2. The predicted octanol–water partition coefficient (Wildman–Crippen LogP) is 5.36. The van der Waals surface area contributed by atoms with Gasteiger partial charge < -0.3 is 9.30 Å². The van der Waals surface area contributed by atoms with Crippen molar-refractivity contribution in [2.24, 2.45) is 10.4 Å². The highest BCUT2D eigenvalue weighted by molar-refractivity contribution is 6.09. The lowest BCUT2D eigenvalue weighted by atomic mass is 9.92. The number of aromatic nitrogens is 2. The van der Waals surface area contributed by atoms with E-state index in [0.29, 0.717) is 6.54 Å². The number of amidine groups is 1. The molecule has 1 amide bonds. The second-order valence-electron chi connectivity index (χ2n) is 10.2. The number of methoxy groups -OCH3 is 1. The maximum absolute atomic E-state index is 13.7. The van der Waals surface area contributed by atoms with Gasteiger partial charge in [0.25, 0.3) is 5.91 Å². The summed E-state index contributed by atoms with van der Waals surface area (Å²) in [6, 6.07) is 14.3. The van der Waals surface area contributed by atoms with E-state index in [4.69, 9.17) is 9.73 Å². The van der Waals surface area contributed by atoms with Gasteiger partial charge in [0.05, 0.1) is 42.5 Å². The summed E-state index contributed by atoms with van der Waals surface area (Å²) >= 11 is 0. The zero-order valence-corrected chi connectivity index (χ0v) is 21.7. The van der Waals surface area contributed by atoms with Crippen LogP contribution in [0.15, 0.2) is 65.6 Å². The number of aliphatic imine (C=N–C) groups is 1. The molecule has 0 saturated carbocycles. The zero-order valence-electron chi connectivity index (χ0n) is 21.7. The molecular weight excluding hydrogens is 450 g/mol. The monoisotopic (exact) mass is 483 g/mol. The van der Waals surface area contributed by atoms with Crippen LogP contribution in [0.2, 0.25) is 0 Å². The van der Waals surface area contributed by atoms with E-state index in [1.165, 1.54) is 0 Å². The number of carbonyl (C=O) groups is 1. The van der Waals surface area contributed by atoms with Crippen molar-refractivity contribution >= 4 is 23.5 Å². The number of hydrogen-bond acceptors (Lipinski definition) is 5. The van der Waals surface area contributed by atoms with E-state index in [2.05, 4.69) is 29.1 Å². The number of fused-ring (bicyclic) bond motifs is 1. The van der Waals surface area contributed by atoms with Gasteiger partial charge in [-0.25, -0.2) is 9.99 Å². The standard InChI is InChI=1S/C29H33N5O2/c1-20-8-11-24(12-9-20)34-28(35)29(3,4)18-30-27-23(7-6-14-33(27)34)15-22-10-13-25(26(16-22)36-5)32-17-21(2)31-19-32/h8-13,15-17,19H,6-7,14,18H2,1-5H3. The zero-order chi connectivity index (χ0) is 25.4. The van der Waals surface area contributed by atoms with Gasteiger partial charge in [-0.15, -0.1) is 0 Å². The summed E-state index contributed by atoms with van der Waals surface area (Å²) in [5.74, 6) is 1.71. The average Bonchev–Trinajstić information content (AvgIpc) is 3.26. The maximum Gasteiger partial charge on any atom is 0.253 e. The number of hydrogen-bond donors (Lipinski definition) is 0. The number of piperidine rings is 1. The van der Waals surface area contributed by atoms with Crippen LogP contribution in [0.5, 0.6) is 5.75 Å². The van der Waals surface area contributed by atoms with Gasteiger partial charge in [0, 0.05) is 12.7 Å². The van der Waals surface area contributed by atoms with Crippen LogP contribution in [0, 0.1) is 19.3 Å². The van der Waals surface area contributed by atoms with Gasteiger partial charge in [0.1, 0.15) is 11.6 Å². The summed E-state index contributed by atoms with van der Waals surface area (Å²) < 4.78 is 7.69. The first-order valence-corrected chi connectivity index (χ1v) is 12.4. The van der Waals surface area contributed by atoms with Gasteiger partial charge >= 0.3 is 0 Å². The molecule has 1 fully saturated rings. The van der Waals surface area contributed by atoms with E-state index in [9.17, 15) is 4.79 Å². The first kappa shape index (κ1) is 23.9. The van der Waals surface area contributed by atoms with Gasteiger partial charge in [0.15, 0.2) is 0 Å². The van der Waals surface area contributed by atoms with E-state index >= 15 is 0 Å². The smallest absolute Gasteiger partial charge is 0.253 e. The van der Waals surface area contributed by atoms with E-state index in [1.807, 2.05) is 72.9 Å². The van der Waals surface area contributed by atoms with Crippen molar-refractivity contribution in [3.63, 3.8) is 0 Å². The summed E-state index contributed by atoms with van der Waals surface area (Å²) in [4.78, 5) is 23.0. The Labute approximate surface area is 212 Å². The van der Waals surface area contributed by atoms with Crippen molar-refractivity contribution < 1.29 is 9.53 Å². The lowest BCUT2D eigenvalue weighted by molar-refractivity contribution is -0.128. The molecule has 2 aliphatic heterocycles. The van der Waals surface area contributed by atoms with Crippen LogP contribution in [0.25, 0.3) is 11.8 Å². The van der Waals surface area contributed by atoms with Crippen LogP contribution in [0.4, 0.5) is 5.69 Å². The summed E-state index contributed by atoms with van der Waals surface area (Å²) in [6.07, 6.45) is 7.78. The number of rotatable bonds is 4. The summed E-state index contributed by atoms with van der Waals surface area (Å²) in [7, 11) is 1.68. The Morgan fingerprint density at radius 3 is 2.56 bits per heavy atom. The van der Waals surface area contributed by atoms with Gasteiger partial charge in [-0.3, -0.25) is 14.8 Å². The SMILES string of the molecule is COc1cc(C=C2CCCN3C2=NCC(C)(C)C(=O)N3c2ccc(C)cc2)ccc1-n1cnc(C)c1. The minimum Gasteiger partial charge on any atom is -0.495 e. The number of amides is 1. The fourth-order valence-corrected chi connectivity index (χ4v) is 4.75. The third-order valence-corrected chi connectivity index (χ3v) is 6.80. The van der Waals surface area contributed by atoms with E-state index < -0.39 is 5.41 Å². The number of nitrogens with zero attached hydrogens (tertiary/aromatic N) is 5. The van der Waals surface area contributed by atoms with Gasteiger partial charge in [-0.2, -0.15) is 0 Å². The first-order valence-electron chi connectivity index (χ1n) is 12.4. The number of hydrazine groups is 1. The number of ether oxygens (including phenoxy) is 1. The molecule has 3 heterocycles. The van der Waals surface area contributed by atoms with Crippen LogP contribution in [0.1, 0.15) is 43.5 Å². The Morgan fingerprint density at radius 2 is 1.86 bits per heavy atom. The van der Waals surface area contributed by atoms with Crippen LogP contribution < -0.4 is 9.75 Å². The Bertz CT molecular complexity index is 1350. The first-order chi connectivity index (χ1) is 17.3. The molecular formula is C29H33N5O2. The largest absolute Gasteiger partial charge is 0.495 e. The van der Waals surface area contributed by atoms with Crippen LogP contribution in [-0.4, -0.2) is 46.5 Å². The molecule has 0 atom stereocenters. The third kappa shape index (κ3) is 4.41. The Morgan fingerprint density at radius 1 is 1.08 bits per heavy atom. The lowest BCUT2D eigenvalue weighted by Gasteiger charge is -2.40. The van der Waals surface area contributed by atoms with Gasteiger partial charge in [0.2, 0.25) is 0 Å². The van der Waals surface area contributed by atoms with E-state index in [0.717, 1.165) is 64.7 Å². The summed E-state index contributed by atoms with van der Waals surface area (Å²) in [5.41, 5.74) is 5.48. The molecule has 1 saturated heterocycles. The van der Waals surface area contributed by atoms with E-state index in [1.54, 1.807) is 13.4 Å². The fourth-order valence-electron chi connectivity index (χ4n) is 4.75. The molecule has 7 nitrogen and oxygen atoms in total. The van der Waals surface area contributed by atoms with Gasteiger partial charge in [-0.05, 0) is 82.0 Å². The highest BCUT2D eigenvalue weighted by Gasteiger charge is 2.41. The summed E-state index contributed by atoms with van der Waals surface area (Å²) in [5, 5.41) is 3.90. The number of aryl methyl sites for hydroxylation is 2. The lowest BCUT2D eigenvalue weighted by Crippen LogP contribution is -2.54. The number of anilines is 1. The fraction of sp³-hybridized carbons (Fsp3) is 0.345. The highest BCUT2D eigenvalue weighted by atomic mass is 16.5. The molecule has 0 spiro atoms. The molecule has 186 valence electrons. The van der Waals surface area contributed by atoms with E-state index in [-0.39, 0.29) is 5.91 Å². The second kappa shape index (κ2) is 9.30. The molecule has 36 heavy (non-hydrogen) atoms. The quantitative estimate of drug-likeness (QED) is 0.501. The normalized spacial score (nSPS) is 18.6.